The SMILES string of the molecule is O=C(CN(C(=O)c1ccc(Cl)cc1Cl)N1C(=O)[C@@H]2C3c4ccccc4C(c4ccccc43)[C@H]2C1=O)c1ccc(OC(=O)c2ccccc2)cc1. The molecule has 1 fully saturated rings. The van der Waals surface area contributed by atoms with Crippen molar-refractivity contribution < 1.29 is 28.7 Å². The van der Waals surface area contributed by atoms with Crippen LogP contribution in [0, 0.1) is 11.8 Å². The third-order valence-corrected chi connectivity index (χ3v) is 10.3. The van der Waals surface area contributed by atoms with Gasteiger partial charge in [-0.1, -0.05) is 89.9 Å². The summed E-state index contributed by atoms with van der Waals surface area (Å²) in [6.45, 7) is -0.646. The van der Waals surface area contributed by atoms with Gasteiger partial charge in [0, 0.05) is 22.4 Å². The standard InChI is InChI=1S/C40H26Cl2N2O6/c41-24-16-19-30(31(42)20-24)37(46)43(21-32(45)22-14-17-25(18-15-22)50-40(49)23-8-2-1-3-9-23)44-38(47)35-33-26-10-4-5-11-27(26)34(36(35)39(44)48)29-13-7-6-12-28(29)33/h1-20,33-36H,21H2/t33?,34?,35-,36-/m1/s1. The van der Waals surface area contributed by atoms with Gasteiger partial charge in [0.05, 0.1) is 28.0 Å². The van der Waals surface area contributed by atoms with E-state index in [0.717, 1.165) is 32.3 Å². The smallest absolute Gasteiger partial charge is 0.343 e. The third kappa shape index (κ3) is 5.11. The lowest BCUT2D eigenvalue weighted by molar-refractivity contribution is -0.154. The molecule has 0 saturated carbocycles. The maximum Gasteiger partial charge on any atom is 0.343 e. The van der Waals surface area contributed by atoms with Gasteiger partial charge >= 0.3 is 5.97 Å². The molecule has 4 aliphatic rings. The van der Waals surface area contributed by atoms with Crippen LogP contribution in [0.3, 0.4) is 0 Å². The first-order valence-electron chi connectivity index (χ1n) is 16.0. The minimum atomic E-state index is -0.809. The fraction of sp³-hybridized carbons (Fsp3) is 0.125. The number of halogens is 2. The van der Waals surface area contributed by atoms with Crippen LogP contribution in [0.2, 0.25) is 10.0 Å². The van der Waals surface area contributed by atoms with E-state index in [4.69, 9.17) is 27.9 Å². The number of ketones is 1. The highest BCUT2D eigenvalue weighted by molar-refractivity contribution is 6.36. The summed E-state index contributed by atoms with van der Waals surface area (Å²) in [6.07, 6.45) is 0. The van der Waals surface area contributed by atoms with Crippen LogP contribution in [-0.4, -0.2) is 46.0 Å². The zero-order valence-electron chi connectivity index (χ0n) is 26.2. The monoisotopic (exact) mass is 700 g/mol. The number of rotatable bonds is 7. The van der Waals surface area contributed by atoms with Gasteiger partial charge in [-0.15, -0.1) is 0 Å². The first-order chi connectivity index (χ1) is 24.2. The lowest BCUT2D eigenvalue weighted by atomic mass is 9.55. The quantitative estimate of drug-likeness (QED) is 0.0762. The van der Waals surface area contributed by atoms with Gasteiger partial charge < -0.3 is 4.74 Å². The van der Waals surface area contributed by atoms with Crippen molar-refractivity contribution in [3.63, 3.8) is 0 Å². The Hall–Kier alpha value is -5.57. The summed E-state index contributed by atoms with van der Waals surface area (Å²) in [5, 5.41) is 2.04. The number of imide groups is 1. The number of amides is 3. The maximum atomic E-state index is 14.6. The highest BCUT2D eigenvalue weighted by atomic mass is 35.5. The van der Waals surface area contributed by atoms with E-state index < -0.39 is 59.7 Å². The Morgan fingerprint density at radius 2 is 1.16 bits per heavy atom. The number of ether oxygens (including phenoxy) is 1. The molecule has 2 bridgehead atoms. The zero-order valence-corrected chi connectivity index (χ0v) is 27.7. The second-order valence-corrected chi connectivity index (χ2v) is 13.3. The van der Waals surface area contributed by atoms with E-state index in [0.29, 0.717) is 5.56 Å². The van der Waals surface area contributed by atoms with Crippen LogP contribution in [-0.2, 0) is 9.59 Å². The maximum absolute atomic E-state index is 14.6. The predicted octanol–water partition coefficient (Wildman–Crippen LogP) is 7.34. The highest BCUT2D eigenvalue weighted by Crippen LogP contribution is 2.61. The Balaban J connectivity index is 1.14. The van der Waals surface area contributed by atoms with Crippen molar-refractivity contribution in [2.24, 2.45) is 11.8 Å². The summed E-state index contributed by atoms with van der Waals surface area (Å²) in [6, 6.07) is 34.2. The molecule has 0 radical (unpaired) electrons. The summed E-state index contributed by atoms with van der Waals surface area (Å²) in [7, 11) is 0. The summed E-state index contributed by atoms with van der Waals surface area (Å²) in [5.74, 6) is -5.21. The molecule has 0 N–H and O–H groups in total. The Morgan fingerprint density at radius 3 is 1.68 bits per heavy atom. The number of hydrogen-bond acceptors (Lipinski definition) is 6. The number of hydrazine groups is 1. The molecule has 1 saturated heterocycles. The number of carbonyl (C=O) groups excluding carboxylic acids is 5. The minimum absolute atomic E-state index is 0.000856. The number of nitrogens with zero attached hydrogens (tertiary/aromatic N) is 2. The molecule has 1 aliphatic heterocycles. The van der Waals surface area contributed by atoms with Gasteiger partial charge in [-0.25, -0.2) is 9.80 Å². The first-order valence-corrected chi connectivity index (χ1v) is 16.7. The topological polar surface area (TPSA) is 101 Å². The van der Waals surface area contributed by atoms with Crippen molar-refractivity contribution >= 4 is 52.7 Å². The van der Waals surface area contributed by atoms with Crippen LogP contribution >= 0.6 is 23.2 Å². The van der Waals surface area contributed by atoms with Crippen molar-refractivity contribution in [1.82, 2.24) is 10.0 Å². The van der Waals surface area contributed by atoms with Crippen LogP contribution in [0.4, 0.5) is 0 Å². The largest absolute Gasteiger partial charge is 0.423 e. The van der Waals surface area contributed by atoms with E-state index in [-0.39, 0.29) is 26.9 Å². The average molecular weight is 702 g/mol. The van der Waals surface area contributed by atoms with Gasteiger partial charge in [0.15, 0.2) is 5.78 Å². The summed E-state index contributed by atoms with van der Waals surface area (Å²) >= 11 is 12.6. The Labute approximate surface area is 296 Å². The zero-order chi connectivity index (χ0) is 34.7. The molecule has 9 rings (SSSR count). The van der Waals surface area contributed by atoms with Crippen molar-refractivity contribution in [3.8, 4) is 5.75 Å². The van der Waals surface area contributed by atoms with E-state index in [1.54, 1.807) is 30.3 Å². The van der Waals surface area contributed by atoms with E-state index in [1.165, 1.54) is 42.5 Å². The second kappa shape index (κ2) is 12.4. The molecular weight excluding hydrogens is 675 g/mol. The number of benzene rings is 5. The second-order valence-electron chi connectivity index (χ2n) is 12.4. The van der Waals surface area contributed by atoms with Gasteiger partial charge in [-0.05, 0) is 76.9 Å². The van der Waals surface area contributed by atoms with Gasteiger partial charge in [0.25, 0.3) is 17.7 Å². The molecule has 50 heavy (non-hydrogen) atoms. The summed E-state index contributed by atoms with van der Waals surface area (Å²) < 4.78 is 5.44. The molecule has 3 aliphatic carbocycles. The van der Waals surface area contributed by atoms with E-state index in [9.17, 15) is 24.0 Å². The van der Waals surface area contributed by atoms with Crippen molar-refractivity contribution in [3.05, 3.63) is 170 Å². The number of hydrogen-bond donors (Lipinski definition) is 0. The van der Waals surface area contributed by atoms with Crippen LogP contribution in [0.1, 0.15) is 65.2 Å². The Morgan fingerprint density at radius 1 is 0.640 bits per heavy atom. The molecule has 1 heterocycles. The van der Waals surface area contributed by atoms with Crippen molar-refractivity contribution in [2.75, 3.05) is 6.54 Å². The Bertz CT molecular complexity index is 2120. The molecule has 5 aromatic rings. The average Bonchev–Trinajstić information content (AvgIpc) is 3.40. The molecule has 0 aromatic heterocycles. The molecular formula is C40H26Cl2N2O6. The van der Waals surface area contributed by atoms with Gasteiger partial charge in [0.2, 0.25) is 0 Å². The van der Waals surface area contributed by atoms with E-state index in [2.05, 4.69) is 0 Å². The van der Waals surface area contributed by atoms with Crippen LogP contribution in [0.25, 0.3) is 0 Å². The first kappa shape index (κ1) is 31.7. The lowest BCUT2D eigenvalue weighted by Crippen LogP contribution is -2.52. The van der Waals surface area contributed by atoms with Crippen molar-refractivity contribution in [2.45, 2.75) is 11.8 Å². The minimum Gasteiger partial charge on any atom is -0.423 e. The molecule has 2 atom stereocenters. The van der Waals surface area contributed by atoms with E-state index in [1.807, 2.05) is 48.5 Å². The van der Waals surface area contributed by atoms with E-state index >= 15 is 0 Å². The van der Waals surface area contributed by atoms with Crippen LogP contribution < -0.4 is 4.74 Å². The highest BCUT2D eigenvalue weighted by Gasteiger charge is 2.63. The lowest BCUT2D eigenvalue weighted by Gasteiger charge is -2.45. The molecule has 0 spiro atoms. The van der Waals surface area contributed by atoms with Crippen molar-refractivity contribution in [1.29, 1.82) is 0 Å². The number of carbonyl (C=O) groups is 5. The fourth-order valence-corrected chi connectivity index (χ4v) is 8.10. The molecule has 8 nitrogen and oxygen atoms in total. The summed E-state index contributed by atoms with van der Waals surface area (Å²) in [5.41, 5.74) is 4.40. The molecule has 10 heteroatoms. The molecule has 3 amide bonds. The van der Waals surface area contributed by atoms with Crippen LogP contribution in [0.5, 0.6) is 5.75 Å². The third-order valence-electron chi connectivity index (χ3n) is 9.75. The Kier molecular flexibility index (Phi) is 7.85. The van der Waals surface area contributed by atoms with Crippen LogP contribution in [0.15, 0.2) is 121 Å². The fourth-order valence-electron chi connectivity index (χ4n) is 7.61. The predicted molar refractivity (Wildman–Crippen MR) is 185 cm³/mol. The number of Topliss-reactive ketones (excluding diaryl/α,β-unsaturated/α-hetero) is 1. The van der Waals surface area contributed by atoms with Gasteiger partial charge in [-0.2, -0.15) is 5.01 Å². The van der Waals surface area contributed by atoms with Gasteiger partial charge in [0.1, 0.15) is 12.3 Å². The number of esters is 1. The normalized spacial score (nSPS) is 19.8. The molecule has 246 valence electrons. The molecule has 5 aromatic carbocycles. The van der Waals surface area contributed by atoms with Gasteiger partial charge in [-0.3, -0.25) is 19.2 Å². The summed E-state index contributed by atoms with van der Waals surface area (Å²) in [4.78, 5) is 69.8. The molecule has 0 unspecified atom stereocenters.